The van der Waals surface area contributed by atoms with Gasteiger partial charge in [0.2, 0.25) is 11.8 Å². The molecule has 0 aromatic heterocycles. The van der Waals surface area contributed by atoms with Crippen LogP contribution in [0.3, 0.4) is 0 Å². The van der Waals surface area contributed by atoms with Crippen LogP contribution in [0.25, 0.3) is 0 Å². The number of nitrogens with two attached hydrogens (primary N) is 1. The minimum atomic E-state index is -0.649. The fourth-order valence-corrected chi connectivity index (χ4v) is 3.15. The van der Waals surface area contributed by atoms with Gasteiger partial charge in [0, 0.05) is 33.1 Å². The summed E-state index contributed by atoms with van der Waals surface area (Å²) in [5.74, 6) is 0.187. The summed E-state index contributed by atoms with van der Waals surface area (Å²) in [7, 11) is 0. The molecule has 2 amide bonds. The van der Waals surface area contributed by atoms with Crippen LogP contribution in [0.5, 0.6) is 0 Å². The van der Waals surface area contributed by atoms with Crippen molar-refractivity contribution >= 4 is 24.2 Å². The molecule has 2 N–H and O–H groups in total. The van der Waals surface area contributed by atoms with Gasteiger partial charge in [0.15, 0.2) is 0 Å². The largest absolute Gasteiger partial charge is 0.341 e. The second kappa shape index (κ2) is 7.27. The standard InChI is InChI=1S/C14H25N3O2.ClH/c1-12(18)16-8-5-9-17(11-10-16)13(19)14(15)6-3-2-4-7-14;/h2-11,15H2,1H3;1H. The predicted octanol–water partition coefficient (Wildman–Crippen LogP) is 1.15. The third-order valence-electron chi connectivity index (χ3n) is 4.40. The predicted molar refractivity (Wildman–Crippen MR) is 80.7 cm³/mol. The molecular weight excluding hydrogens is 278 g/mol. The molecule has 116 valence electrons. The highest BCUT2D eigenvalue weighted by Gasteiger charge is 2.38. The number of amides is 2. The smallest absolute Gasteiger partial charge is 0.242 e. The fraction of sp³-hybridized carbons (Fsp3) is 0.857. The quantitative estimate of drug-likeness (QED) is 0.790. The topological polar surface area (TPSA) is 66.6 Å². The summed E-state index contributed by atoms with van der Waals surface area (Å²) >= 11 is 0. The second-order valence-corrected chi connectivity index (χ2v) is 5.87. The van der Waals surface area contributed by atoms with Crippen LogP contribution < -0.4 is 5.73 Å². The first-order valence-corrected chi connectivity index (χ1v) is 7.37. The van der Waals surface area contributed by atoms with Gasteiger partial charge in [-0.2, -0.15) is 0 Å². The van der Waals surface area contributed by atoms with E-state index in [1.807, 2.05) is 9.80 Å². The lowest BCUT2D eigenvalue weighted by Crippen LogP contribution is -2.56. The molecule has 2 aliphatic rings. The molecule has 20 heavy (non-hydrogen) atoms. The Bertz CT molecular complexity index is 356. The third kappa shape index (κ3) is 3.85. The lowest BCUT2D eigenvalue weighted by Gasteiger charge is -2.36. The summed E-state index contributed by atoms with van der Waals surface area (Å²) in [6.45, 7) is 4.32. The molecule has 0 aromatic carbocycles. The molecule has 1 aliphatic heterocycles. The van der Waals surface area contributed by atoms with E-state index in [1.54, 1.807) is 6.92 Å². The minimum Gasteiger partial charge on any atom is -0.341 e. The zero-order chi connectivity index (χ0) is 13.9. The van der Waals surface area contributed by atoms with Crippen LogP contribution in [0.2, 0.25) is 0 Å². The van der Waals surface area contributed by atoms with E-state index in [2.05, 4.69) is 0 Å². The van der Waals surface area contributed by atoms with Crippen LogP contribution in [0.15, 0.2) is 0 Å². The fourth-order valence-electron chi connectivity index (χ4n) is 3.15. The normalized spacial score (nSPS) is 22.7. The van der Waals surface area contributed by atoms with Gasteiger partial charge in [-0.3, -0.25) is 9.59 Å². The van der Waals surface area contributed by atoms with Gasteiger partial charge in [0.05, 0.1) is 5.54 Å². The number of nitrogens with zero attached hydrogens (tertiary/aromatic N) is 2. The second-order valence-electron chi connectivity index (χ2n) is 5.87. The molecule has 0 radical (unpaired) electrons. The molecule has 1 saturated carbocycles. The van der Waals surface area contributed by atoms with Crippen LogP contribution >= 0.6 is 12.4 Å². The van der Waals surface area contributed by atoms with E-state index in [-0.39, 0.29) is 24.2 Å². The SMILES string of the molecule is CC(=O)N1CCCN(C(=O)C2(N)CCCCC2)CC1.Cl. The summed E-state index contributed by atoms with van der Waals surface area (Å²) < 4.78 is 0. The molecule has 0 unspecified atom stereocenters. The van der Waals surface area contributed by atoms with Crippen LogP contribution in [0, 0.1) is 0 Å². The van der Waals surface area contributed by atoms with E-state index in [4.69, 9.17) is 5.73 Å². The molecule has 0 bridgehead atoms. The van der Waals surface area contributed by atoms with E-state index in [9.17, 15) is 9.59 Å². The Balaban J connectivity index is 0.00000200. The van der Waals surface area contributed by atoms with Gasteiger partial charge in [0.25, 0.3) is 0 Å². The van der Waals surface area contributed by atoms with Crippen LogP contribution in [0.1, 0.15) is 45.4 Å². The molecule has 0 spiro atoms. The third-order valence-corrected chi connectivity index (χ3v) is 4.40. The molecule has 1 saturated heterocycles. The van der Waals surface area contributed by atoms with Crippen LogP contribution in [0.4, 0.5) is 0 Å². The summed E-state index contributed by atoms with van der Waals surface area (Å²) in [4.78, 5) is 27.7. The Morgan fingerprint density at radius 3 is 2.05 bits per heavy atom. The van der Waals surface area contributed by atoms with E-state index in [0.29, 0.717) is 13.1 Å². The maximum Gasteiger partial charge on any atom is 0.242 e. The summed E-state index contributed by atoms with van der Waals surface area (Å²) in [6.07, 6.45) is 5.74. The first-order valence-electron chi connectivity index (χ1n) is 7.37. The lowest BCUT2D eigenvalue weighted by molar-refractivity contribution is -0.138. The molecule has 2 fully saturated rings. The van der Waals surface area contributed by atoms with Crippen molar-refractivity contribution in [3.05, 3.63) is 0 Å². The van der Waals surface area contributed by atoms with Gasteiger partial charge in [-0.15, -0.1) is 12.4 Å². The minimum absolute atomic E-state index is 0. The first-order chi connectivity index (χ1) is 9.03. The molecule has 5 nitrogen and oxygen atoms in total. The first kappa shape index (κ1) is 17.2. The molecule has 2 rings (SSSR count). The Kier molecular flexibility index (Phi) is 6.27. The molecule has 0 atom stereocenters. The Morgan fingerprint density at radius 1 is 0.900 bits per heavy atom. The lowest BCUT2D eigenvalue weighted by atomic mass is 9.81. The number of hydrogen-bond acceptors (Lipinski definition) is 3. The van der Waals surface area contributed by atoms with Crippen LogP contribution in [-0.4, -0.2) is 53.3 Å². The van der Waals surface area contributed by atoms with Crippen molar-refractivity contribution in [3.8, 4) is 0 Å². The number of hydrogen-bond donors (Lipinski definition) is 1. The molecule has 0 aromatic rings. The average Bonchev–Trinajstić information content (AvgIpc) is 2.64. The van der Waals surface area contributed by atoms with Crippen molar-refractivity contribution in [2.75, 3.05) is 26.2 Å². The van der Waals surface area contributed by atoms with Gasteiger partial charge < -0.3 is 15.5 Å². The number of carbonyl (C=O) groups is 2. The van der Waals surface area contributed by atoms with Crippen molar-refractivity contribution in [3.63, 3.8) is 0 Å². The Morgan fingerprint density at radius 2 is 1.45 bits per heavy atom. The zero-order valence-corrected chi connectivity index (χ0v) is 13.1. The van der Waals surface area contributed by atoms with Gasteiger partial charge in [-0.05, 0) is 19.3 Å². The van der Waals surface area contributed by atoms with Crippen molar-refractivity contribution in [1.82, 2.24) is 9.80 Å². The van der Waals surface area contributed by atoms with E-state index in [0.717, 1.165) is 45.2 Å². The number of halogens is 1. The summed E-state index contributed by atoms with van der Waals surface area (Å²) in [6, 6.07) is 0. The van der Waals surface area contributed by atoms with E-state index < -0.39 is 5.54 Å². The van der Waals surface area contributed by atoms with Crippen molar-refractivity contribution in [2.24, 2.45) is 5.73 Å². The van der Waals surface area contributed by atoms with E-state index in [1.165, 1.54) is 6.42 Å². The number of carbonyl (C=O) groups excluding carboxylic acids is 2. The maximum atomic E-state index is 12.6. The molecule has 1 heterocycles. The van der Waals surface area contributed by atoms with Gasteiger partial charge in [-0.25, -0.2) is 0 Å². The number of rotatable bonds is 1. The van der Waals surface area contributed by atoms with Crippen molar-refractivity contribution in [2.45, 2.75) is 51.0 Å². The van der Waals surface area contributed by atoms with Crippen molar-refractivity contribution < 1.29 is 9.59 Å². The van der Waals surface area contributed by atoms with Gasteiger partial charge >= 0.3 is 0 Å². The highest BCUT2D eigenvalue weighted by atomic mass is 35.5. The molecular formula is C14H26ClN3O2. The van der Waals surface area contributed by atoms with Crippen LogP contribution in [-0.2, 0) is 9.59 Å². The molecule has 1 aliphatic carbocycles. The summed E-state index contributed by atoms with van der Waals surface area (Å²) in [5, 5.41) is 0. The highest BCUT2D eigenvalue weighted by molar-refractivity contribution is 5.86. The summed E-state index contributed by atoms with van der Waals surface area (Å²) in [5.41, 5.74) is 5.66. The van der Waals surface area contributed by atoms with Gasteiger partial charge in [-0.1, -0.05) is 19.3 Å². The Labute approximate surface area is 127 Å². The van der Waals surface area contributed by atoms with Crippen molar-refractivity contribution in [1.29, 1.82) is 0 Å². The van der Waals surface area contributed by atoms with Gasteiger partial charge in [0.1, 0.15) is 0 Å². The maximum absolute atomic E-state index is 12.6. The average molecular weight is 304 g/mol. The zero-order valence-electron chi connectivity index (χ0n) is 12.3. The molecule has 6 heteroatoms. The van der Waals surface area contributed by atoms with E-state index >= 15 is 0 Å². The Hall–Kier alpha value is -0.810. The highest BCUT2D eigenvalue weighted by Crippen LogP contribution is 2.28. The monoisotopic (exact) mass is 303 g/mol.